The third-order valence-corrected chi connectivity index (χ3v) is 8.83. The van der Waals surface area contributed by atoms with Crippen LogP contribution < -0.4 is 0 Å². The first-order valence-electron chi connectivity index (χ1n) is 10.5. The highest BCUT2D eigenvalue weighted by molar-refractivity contribution is 7.92. The molecule has 0 amide bonds. The van der Waals surface area contributed by atoms with Crippen LogP contribution in [0.1, 0.15) is 17.1 Å². The highest BCUT2D eigenvalue weighted by Crippen LogP contribution is 2.50. The minimum absolute atomic E-state index is 0.113. The van der Waals surface area contributed by atoms with Gasteiger partial charge < -0.3 is 9.40 Å². The fraction of sp³-hybridized carbons (Fsp3) is 0.160. The summed E-state index contributed by atoms with van der Waals surface area (Å²) >= 11 is 6.19. The molecule has 0 spiro atoms. The Morgan fingerprint density at radius 1 is 1.03 bits per heavy atom. The summed E-state index contributed by atoms with van der Waals surface area (Å²) in [5.41, 5.74) is 3.32. The lowest BCUT2D eigenvalue weighted by Crippen LogP contribution is -2.40. The van der Waals surface area contributed by atoms with Gasteiger partial charge in [-0.3, -0.25) is 0 Å². The second kappa shape index (κ2) is 7.17. The van der Waals surface area contributed by atoms with Gasteiger partial charge in [0.1, 0.15) is 5.52 Å². The van der Waals surface area contributed by atoms with Crippen molar-refractivity contribution < 1.29 is 17.2 Å². The van der Waals surface area contributed by atoms with Crippen molar-refractivity contribution in [3.05, 3.63) is 95.0 Å². The monoisotopic (exact) mass is 480 g/mol. The molecule has 1 aliphatic rings. The highest BCUT2D eigenvalue weighted by Gasteiger charge is 2.58. The number of aromatic nitrogens is 2. The maximum atomic E-state index is 17.3. The van der Waals surface area contributed by atoms with Crippen LogP contribution in [0.4, 0.5) is 4.39 Å². The average molecular weight is 481 g/mol. The first kappa shape index (κ1) is 20.4. The van der Waals surface area contributed by atoms with Gasteiger partial charge in [-0.05, 0) is 60.9 Å². The molecule has 2 heterocycles. The number of hydrogen-bond acceptors (Lipinski definition) is 4. The van der Waals surface area contributed by atoms with Gasteiger partial charge in [0, 0.05) is 27.5 Å². The number of aromatic amines is 1. The van der Waals surface area contributed by atoms with Crippen LogP contribution in [-0.4, -0.2) is 18.4 Å². The zero-order valence-electron chi connectivity index (χ0n) is 17.3. The smallest absolute Gasteiger partial charge is 0.293 e. The number of fused-ring (bicyclic) bond motifs is 4. The van der Waals surface area contributed by atoms with Crippen molar-refractivity contribution in [1.29, 1.82) is 0 Å². The Balaban J connectivity index is 1.54. The second-order valence-corrected chi connectivity index (χ2v) is 10.8. The molecule has 2 aromatic heterocycles. The number of alkyl halides is 1. The summed E-state index contributed by atoms with van der Waals surface area (Å²) in [6.45, 7) is 0. The number of para-hydroxylation sites is 2. The SMILES string of the molecule is O=S(=O)(c1ccccc1)[C@@](F)(c1nc2ccccc2o1)[C@H]1Cc2[nH]c3ccc(Cl)cc3c2C1. The molecule has 3 aromatic carbocycles. The van der Waals surface area contributed by atoms with Crippen molar-refractivity contribution in [3.8, 4) is 0 Å². The Morgan fingerprint density at radius 3 is 2.58 bits per heavy atom. The van der Waals surface area contributed by atoms with Crippen LogP contribution in [0.3, 0.4) is 0 Å². The summed E-state index contributed by atoms with van der Waals surface area (Å²) < 4.78 is 50.6. The molecule has 2 atom stereocenters. The lowest BCUT2D eigenvalue weighted by molar-refractivity contribution is 0.142. The zero-order valence-corrected chi connectivity index (χ0v) is 18.8. The van der Waals surface area contributed by atoms with Crippen LogP contribution in [0.25, 0.3) is 22.0 Å². The topological polar surface area (TPSA) is 76.0 Å². The van der Waals surface area contributed by atoms with Crippen molar-refractivity contribution in [2.24, 2.45) is 5.92 Å². The average Bonchev–Trinajstić information content (AvgIpc) is 3.52. The molecule has 5 aromatic rings. The van der Waals surface area contributed by atoms with Gasteiger partial charge in [-0.1, -0.05) is 41.9 Å². The summed E-state index contributed by atoms with van der Waals surface area (Å²) in [5.74, 6) is -1.37. The molecule has 166 valence electrons. The van der Waals surface area contributed by atoms with Crippen LogP contribution in [0.15, 0.2) is 82.1 Å². The van der Waals surface area contributed by atoms with Gasteiger partial charge in [-0.2, -0.15) is 0 Å². The van der Waals surface area contributed by atoms with Crippen LogP contribution >= 0.6 is 11.6 Å². The van der Waals surface area contributed by atoms with E-state index in [4.69, 9.17) is 16.0 Å². The minimum atomic E-state index is -4.50. The van der Waals surface area contributed by atoms with Gasteiger partial charge >= 0.3 is 0 Å². The number of benzene rings is 3. The quantitative estimate of drug-likeness (QED) is 0.343. The molecule has 0 bridgehead atoms. The third kappa shape index (κ3) is 2.96. The Labute approximate surface area is 194 Å². The number of nitrogens with one attached hydrogen (secondary N) is 1. The van der Waals surface area contributed by atoms with E-state index in [1.54, 1.807) is 48.5 Å². The Bertz CT molecular complexity index is 1590. The number of oxazole rings is 1. The number of nitrogens with zero attached hydrogens (tertiary/aromatic N) is 1. The van der Waals surface area contributed by atoms with E-state index in [2.05, 4.69) is 9.97 Å². The normalized spacial score (nSPS) is 17.9. The maximum absolute atomic E-state index is 17.3. The van der Waals surface area contributed by atoms with Crippen molar-refractivity contribution in [2.45, 2.75) is 22.7 Å². The first-order valence-corrected chi connectivity index (χ1v) is 12.4. The van der Waals surface area contributed by atoms with Gasteiger partial charge in [-0.15, -0.1) is 0 Å². The summed E-state index contributed by atoms with van der Waals surface area (Å²) in [4.78, 5) is 7.48. The van der Waals surface area contributed by atoms with E-state index in [-0.39, 0.29) is 17.7 Å². The van der Waals surface area contributed by atoms with Crippen LogP contribution in [0.2, 0.25) is 5.02 Å². The second-order valence-electron chi connectivity index (χ2n) is 8.33. The maximum Gasteiger partial charge on any atom is 0.293 e. The molecule has 33 heavy (non-hydrogen) atoms. The number of hydrogen-bond donors (Lipinski definition) is 1. The third-order valence-electron chi connectivity index (χ3n) is 6.41. The van der Waals surface area contributed by atoms with E-state index in [9.17, 15) is 8.42 Å². The van der Waals surface area contributed by atoms with Gasteiger partial charge in [0.2, 0.25) is 15.7 Å². The summed E-state index contributed by atoms with van der Waals surface area (Å²) in [7, 11) is -4.50. The van der Waals surface area contributed by atoms with E-state index in [0.717, 1.165) is 22.2 Å². The predicted molar refractivity (Wildman–Crippen MR) is 125 cm³/mol. The summed E-state index contributed by atoms with van der Waals surface area (Å²) in [6, 6.07) is 19.9. The molecular weight excluding hydrogens is 463 g/mol. The van der Waals surface area contributed by atoms with Crippen LogP contribution in [0.5, 0.6) is 0 Å². The fourth-order valence-corrected chi connectivity index (χ4v) is 6.76. The Kier molecular flexibility index (Phi) is 4.44. The lowest BCUT2D eigenvalue weighted by atomic mass is 9.98. The number of sulfone groups is 1. The van der Waals surface area contributed by atoms with Gasteiger partial charge in [0.05, 0.1) is 4.90 Å². The molecule has 0 aliphatic heterocycles. The molecule has 1 aliphatic carbocycles. The number of halogens is 2. The van der Waals surface area contributed by atoms with E-state index in [0.29, 0.717) is 16.1 Å². The van der Waals surface area contributed by atoms with Crippen molar-refractivity contribution >= 4 is 43.4 Å². The molecule has 0 unspecified atom stereocenters. The molecule has 0 fully saturated rings. The largest absolute Gasteiger partial charge is 0.436 e. The Hall–Kier alpha value is -3.16. The van der Waals surface area contributed by atoms with Crippen molar-refractivity contribution in [3.63, 3.8) is 0 Å². The Morgan fingerprint density at radius 2 is 1.79 bits per heavy atom. The molecule has 6 rings (SSSR count). The van der Waals surface area contributed by atoms with Crippen molar-refractivity contribution in [2.75, 3.05) is 0 Å². The number of rotatable bonds is 4. The summed E-state index contributed by atoms with van der Waals surface area (Å²) in [5, 5.41) is -1.43. The van der Waals surface area contributed by atoms with E-state index in [1.165, 1.54) is 12.1 Å². The molecule has 0 radical (unpaired) electrons. The molecule has 0 saturated carbocycles. The van der Waals surface area contributed by atoms with Gasteiger partial charge in [-0.25, -0.2) is 17.8 Å². The first-order chi connectivity index (χ1) is 15.9. The fourth-order valence-electron chi connectivity index (χ4n) is 4.81. The van der Waals surface area contributed by atoms with Crippen molar-refractivity contribution in [1.82, 2.24) is 9.97 Å². The standard InChI is InChI=1S/C25H18ClFN2O3S/c26-16-10-11-20-19(14-16)18-12-15(13-22(18)28-20)25(27,33(30,31)17-6-2-1-3-7-17)24-29-21-8-4-5-9-23(21)32-24/h1-11,14-15,28H,12-13H2/t15-,25-/m1/s1. The zero-order chi connectivity index (χ0) is 22.8. The van der Waals surface area contributed by atoms with E-state index < -0.39 is 26.6 Å². The van der Waals surface area contributed by atoms with Crippen LogP contribution in [-0.2, 0) is 27.7 Å². The predicted octanol–water partition coefficient (Wildman–Crippen LogP) is 5.97. The summed E-state index contributed by atoms with van der Waals surface area (Å²) in [6.07, 6.45) is 0.403. The molecule has 8 heteroatoms. The molecule has 1 N–H and O–H groups in total. The molecule has 5 nitrogen and oxygen atoms in total. The van der Waals surface area contributed by atoms with Gasteiger partial charge in [0.25, 0.3) is 5.00 Å². The van der Waals surface area contributed by atoms with Crippen LogP contribution in [0, 0.1) is 5.92 Å². The van der Waals surface area contributed by atoms with Gasteiger partial charge in [0.15, 0.2) is 5.58 Å². The highest BCUT2D eigenvalue weighted by atomic mass is 35.5. The molecular formula is C25H18ClFN2O3S. The molecule has 0 saturated heterocycles. The minimum Gasteiger partial charge on any atom is -0.436 e. The van der Waals surface area contributed by atoms with E-state index >= 15 is 4.39 Å². The lowest BCUT2D eigenvalue weighted by Gasteiger charge is -2.28. The number of H-pyrrole nitrogens is 1. The van der Waals surface area contributed by atoms with E-state index in [1.807, 2.05) is 12.1 Å².